The summed E-state index contributed by atoms with van der Waals surface area (Å²) in [6, 6.07) is 8.08. The molecule has 0 radical (unpaired) electrons. The molecule has 1 atom stereocenters. The third-order valence-corrected chi connectivity index (χ3v) is 3.37. The zero-order chi connectivity index (χ0) is 15.5. The minimum atomic E-state index is -0.480. The van der Waals surface area contributed by atoms with Crippen molar-refractivity contribution in [3.63, 3.8) is 0 Å². The Bertz CT molecular complexity index is 383. The third kappa shape index (κ3) is 7.34. The molecule has 0 amide bonds. The Morgan fingerprint density at radius 3 is 2.67 bits per heavy atom. The smallest absolute Gasteiger partial charge is 0.0945 e. The van der Waals surface area contributed by atoms with Crippen molar-refractivity contribution in [3.8, 4) is 0 Å². The van der Waals surface area contributed by atoms with Crippen molar-refractivity contribution in [1.29, 1.82) is 0 Å². The predicted molar refractivity (Wildman–Crippen MR) is 90.2 cm³/mol. The summed E-state index contributed by atoms with van der Waals surface area (Å²) in [5, 5.41) is 13.2. The van der Waals surface area contributed by atoms with Gasteiger partial charge in [-0.3, -0.25) is 0 Å². The molecule has 0 aliphatic heterocycles. The molecule has 0 aliphatic rings. The van der Waals surface area contributed by atoms with Gasteiger partial charge >= 0.3 is 0 Å². The van der Waals surface area contributed by atoms with Crippen molar-refractivity contribution in [2.24, 2.45) is 0 Å². The van der Waals surface area contributed by atoms with Gasteiger partial charge in [-0.05, 0) is 18.6 Å². The van der Waals surface area contributed by atoms with E-state index in [4.69, 9.17) is 4.74 Å². The highest BCUT2D eigenvalue weighted by atomic mass is 16.5. The van der Waals surface area contributed by atoms with Gasteiger partial charge in [0, 0.05) is 27.2 Å². The summed E-state index contributed by atoms with van der Waals surface area (Å²) < 4.78 is 5.51. The molecule has 4 heteroatoms. The number of nitrogens with zero attached hydrogens (tertiary/aromatic N) is 1. The lowest BCUT2D eigenvalue weighted by Gasteiger charge is -2.20. The van der Waals surface area contributed by atoms with Crippen LogP contribution in [0, 0.1) is 0 Å². The summed E-state index contributed by atoms with van der Waals surface area (Å²) in [5.74, 6) is 0. The van der Waals surface area contributed by atoms with Gasteiger partial charge in [0.1, 0.15) is 0 Å². The number of aliphatic hydroxyl groups excluding tert-OH is 1. The van der Waals surface area contributed by atoms with Gasteiger partial charge < -0.3 is 20.1 Å². The fourth-order valence-corrected chi connectivity index (χ4v) is 2.15. The quantitative estimate of drug-likeness (QED) is 0.616. The molecule has 4 nitrogen and oxygen atoms in total. The number of anilines is 2. The maximum atomic E-state index is 9.94. The number of para-hydroxylation sites is 2. The van der Waals surface area contributed by atoms with Crippen molar-refractivity contribution < 1.29 is 9.84 Å². The molecule has 21 heavy (non-hydrogen) atoms. The third-order valence-electron chi connectivity index (χ3n) is 3.37. The van der Waals surface area contributed by atoms with Crippen molar-refractivity contribution in [3.05, 3.63) is 24.3 Å². The number of hydrogen-bond donors (Lipinski definition) is 2. The van der Waals surface area contributed by atoms with Gasteiger partial charge in [-0.2, -0.15) is 0 Å². The second kappa shape index (κ2) is 10.5. The Morgan fingerprint density at radius 2 is 1.95 bits per heavy atom. The highest BCUT2D eigenvalue weighted by Crippen LogP contribution is 2.23. The van der Waals surface area contributed by atoms with Gasteiger partial charge in [0.15, 0.2) is 0 Å². The lowest BCUT2D eigenvalue weighted by Crippen LogP contribution is -2.25. The molecule has 0 spiro atoms. The number of benzene rings is 1. The van der Waals surface area contributed by atoms with E-state index in [0.29, 0.717) is 13.2 Å². The van der Waals surface area contributed by atoms with E-state index in [2.05, 4.69) is 23.2 Å². The molecule has 0 bridgehead atoms. The van der Waals surface area contributed by atoms with Gasteiger partial charge in [-0.15, -0.1) is 0 Å². The molecule has 1 unspecified atom stereocenters. The lowest BCUT2D eigenvalue weighted by atomic mass is 10.2. The van der Waals surface area contributed by atoms with E-state index in [1.807, 2.05) is 32.3 Å². The Kier molecular flexibility index (Phi) is 8.87. The first-order chi connectivity index (χ1) is 10.1. The van der Waals surface area contributed by atoms with Gasteiger partial charge in [0.2, 0.25) is 0 Å². The van der Waals surface area contributed by atoms with Crippen LogP contribution in [-0.2, 0) is 4.74 Å². The first-order valence-electron chi connectivity index (χ1n) is 7.91. The van der Waals surface area contributed by atoms with Crippen molar-refractivity contribution in [1.82, 2.24) is 0 Å². The number of rotatable bonds is 11. The molecule has 0 saturated heterocycles. The molecular formula is C17H30N2O2. The normalized spacial score (nSPS) is 12.2. The fourth-order valence-electron chi connectivity index (χ4n) is 2.15. The minimum Gasteiger partial charge on any atom is -0.389 e. The van der Waals surface area contributed by atoms with Gasteiger partial charge in [-0.25, -0.2) is 0 Å². The Morgan fingerprint density at radius 1 is 1.19 bits per heavy atom. The van der Waals surface area contributed by atoms with E-state index in [1.165, 1.54) is 19.3 Å². The maximum absolute atomic E-state index is 9.94. The molecule has 1 aromatic carbocycles. The molecule has 0 heterocycles. The molecule has 1 aromatic rings. The molecule has 0 aromatic heterocycles. The van der Waals surface area contributed by atoms with Crippen molar-refractivity contribution in [2.45, 2.75) is 38.7 Å². The summed E-state index contributed by atoms with van der Waals surface area (Å²) in [6.45, 7) is 3.83. The topological polar surface area (TPSA) is 44.7 Å². The van der Waals surface area contributed by atoms with E-state index in [-0.39, 0.29) is 0 Å². The van der Waals surface area contributed by atoms with Crippen molar-refractivity contribution in [2.75, 3.05) is 44.1 Å². The highest BCUT2D eigenvalue weighted by molar-refractivity contribution is 5.69. The Labute approximate surface area is 129 Å². The van der Waals surface area contributed by atoms with E-state index < -0.39 is 6.10 Å². The molecule has 0 aliphatic carbocycles. The molecular weight excluding hydrogens is 264 g/mol. The Balaban J connectivity index is 2.22. The number of ether oxygens (including phenoxy) is 1. The van der Waals surface area contributed by atoms with Crippen LogP contribution in [0.2, 0.25) is 0 Å². The van der Waals surface area contributed by atoms with E-state index in [9.17, 15) is 5.11 Å². The summed E-state index contributed by atoms with van der Waals surface area (Å²) >= 11 is 0. The van der Waals surface area contributed by atoms with Gasteiger partial charge in [0.25, 0.3) is 0 Å². The van der Waals surface area contributed by atoms with Crippen molar-refractivity contribution >= 4 is 11.4 Å². The van der Waals surface area contributed by atoms with Crippen LogP contribution in [0.3, 0.4) is 0 Å². The van der Waals surface area contributed by atoms with Crippen LogP contribution in [-0.4, -0.2) is 45.1 Å². The summed E-state index contributed by atoms with van der Waals surface area (Å²) in [4.78, 5) is 2.05. The van der Waals surface area contributed by atoms with E-state index in [1.54, 1.807) is 0 Å². The van der Waals surface area contributed by atoms with Crippen LogP contribution in [0.5, 0.6) is 0 Å². The molecule has 1 rings (SSSR count). The van der Waals surface area contributed by atoms with Gasteiger partial charge in [-0.1, -0.05) is 38.3 Å². The highest BCUT2D eigenvalue weighted by Gasteiger charge is 2.07. The molecule has 0 saturated carbocycles. The SMILES string of the molecule is CCCCCCOCC(O)CNc1ccccc1N(C)C. The van der Waals surface area contributed by atoms with Crippen LogP contribution in [0.15, 0.2) is 24.3 Å². The molecule has 2 N–H and O–H groups in total. The number of aliphatic hydroxyl groups is 1. The fraction of sp³-hybridized carbons (Fsp3) is 0.647. The number of hydrogen-bond acceptors (Lipinski definition) is 4. The second-order valence-electron chi connectivity index (χ2n) is 5.58. The second-order valence-corrected chi connectivity index (χ2v) is 5.58. The lowest BCUT2D eigenvalue weighted by molar-refractivity contribution is 0.0417. The van der Waals surface area contributed by atoms with Crippen LogP contribution >= 0.6 is 0 Å². The first-order valence-corrected chi connectivity index (χ1v) is 7.91. The zero-order valence-electron chi connectivity index (χ0n) is 13.6. The number of nitrogens with one attached hydrogen (secondary N) is 1. The maximum Gasteiger partial charge on any atom is 0.0945 e. The first kappa shape index (κ1) is 17.8. The van der Waals surface area contributed by atoms with Crippen LogP contribution < -0.4 is 10.2 Å². The van der Waals surface area contributed by atoms with E-state index in [0.717, 1.165) is 24.4 Å². The molecule has 0 fully saturated rings. The number of unbranched alkanes of at least 4 members (excludes halogenated alkanes) is 3. The monoisotopic (exact) mass is 294 g/mol. The van der Waals surface area contributed by atoms with Crippen LogP contribution in [0.1, 0.15) is 32.6 Å². The summed E-state index contributed by atoms with van der Waals surface area (Å²) in [5.41, 5.74) is 2.15. The average Bonchev–Trinajstić information content (AvgIpc) is 2.49. The minimum absolute atomic E-state index is 0.392. The van der Waals surface area contributed by atoms with Crippen LogP contribution in [0.4, 0.5) is 11.4 Å². The van der Waals surface area contributed by atoms with E-state index >= 15 is 0 Å². The summed E-state index contributed by atoms with van der Waals surface area (Å²) in [6.07, 6.45) is 4.30. The standard InChI is InChI=1S/C17H30N2O2/c1-4-5-6-9-12-21-14-15(20)13-18-16-10-7-8-11-17(16)19(2)3/h7-8,10-11,15,18,20H,4-6,9,12-14H2,1-3H3. The average molecular weight is 294 g/mol. The predicted octanol–water partition coefficient (Wildman–Crippen LogP) is 3.12. The van der Waals surface area contributed by atoms with Crippen LogP contribution in [0.25, 0.3) is 0 Å². The largest absolute Gasteiger partial charge is 0.389 e. The zero-order valence-corrected chi connectivity index (χ0v) is 13.6. The molecule has 120 valence electrons. The Hall–Kier alpha value is -1.26. The summed E-state index contributed by atoms with van der Waals surface area (Å²) in [7, 11) is 4.02. The van der Waals surface area contributed by atoms with Gasteiger partial charge in [0.05, 0.1) is 24.1 Å².